The van der Waals surface area contributed by atoms with Gasteiger partial charge >= 0.3 is 0 Å². The second-order valence-electron chi connectivity index (χ2n) is 4.78. The Kier molecular flexibility index (Phi) is 5.18. The van der Waals surface area contributed by atoms with E-state index in [9.17, 15) is 9.90 Å². The Bertz CT molecular complexity index is 225. The summed E-state index contributed by atoms with van der Waals surface area (Å²) in [5.74, 6) is -0.514. The highest BCUT2D eigenvalue weighted by molar-refractivity contribution is 5.79. The maximum absolute atomic E-state index is 10.7. The van der Waals surface area contributed by atoms with Crippen molar-refractivity contribution >= 4 is 5.91 Å². The van der Waals surface area contributed by atoms with Crippen molar-refractivity contribution in [2.75, 3.05) is 13.1 Å². The van der Waals surface area contributed by atoms with Crippen molar-refractivity contribution < 1.29 is 9.90 Å². The molecule has 0 aromatic carbocycles. The number of aliphatic hydroxyl groups is 1. The van der Waals surface area contributed by atoms with Gasteiger partial charge in [-0.3, -0.25) is 4.79 Å². The van der Waals surface area contributed by atoms with Gasteiger partial charge in [0.15, 0.2) is 0 Å². The summed E-state index contributed by atoms with van der Waals surface area (Å²) in [6, 6.07) is -0.672. The van der Waals surface area contributed by atoms with Gasteiger partial charge in [0.05, 0.1) is 11.6 Å². The van der Waals surface area contributed by atoms with Gasteiger partial charge in [0.2, 0.25) is 5.91 Å². The minimum atomic E-state index is -0.672. The molecule has 0 radical (unpaired) electrons. The van der Waals surface area contributed by atoms with Crippen LogP contribution in [0.25, 0.3) is 0 Å². The van der Waals surface area contributed by atoms with E-state index in [0.29, 0.717) is 13.1 Å². The normalized spacial score (nSPS) is 22.4. The molecule has 1 aliphatic rings. The lowest BCUT2D eigenvalue weighted by molar-refractivity contribution is -0.119. The molecular formula is C11H23N3O2. The molecule has 0 aliphatic heterocycles. The minimum absolute atomic E-state index is 0.331. The van der Waals surface area contributed by atoms with Gasteiger partial charge in [0, 0.05) is 13.1 Å². The van der Waals surface area contributed by atoms with Gasteiger partial charge in [-0.05, 0) is 12.8 Å². The molecule has 5 heteroatoms. The molecular weight excluding hydrogens is 206 g/mol. The van der Waals surface area contributed by atoms with Gasteiger partial charge in [0.1, 0.15) is 0 Å². The van der Waals surface area contributed by atoms with Crippen LogP contribution >= 0.6 is 0 Å². The molecule has 1 aliphatic carbocycles. The Morgan fingerprint density at radius 3 is 2.38 bits per heavy atom. The van der Waals surface area contributed by atoms with E-state index in [1.807, 2.05) is 0 Å². The fraction of sp³-hybridized carbons (Fsp3) is 0.909. The largest absolute Gasteiger partial charge is 0.389 e. The molecule has 0 spiro atoms. The molecule has 1 saturated carbocycles. The Morgan fingerprint density at radius 2 is 1.88 bits per heavy atom. The third-order valence-electron chi connectivity index (χ3n) is 3.22. The maximum Gasteiger partial charge on any atom is 0.235 e. The summed E-state index contributed by atoms with van der Waals surface area (Å²) in [5, 5.41) is 13.3. The van der Waals surface area contributed by atoms with Crippen LogP contribution in [0, 0.1) is 0 Å². The number of primary amides is 1. The van der Waals surface area contributed by atoms with Crippen molar-refractivity contribution in [3.63, 3.8) is 0 Å². The first kappa shape index (κ1) is 13.4. The number of carbonyl (C=O) groups excluding carboxylic acids is 1. The summed E-state index contributed by atoms with van der Waals surface area (Å²) in [7, 11) is 0. The number of nitrogens with one attached hydrogen (secondary N) is 1. The summed E-state index contributed by atoms with van der Waals surface area (Å²) in [5.41, 5.74) is 9.90. The third-order valence-corrected chi connectivity index (χ3v) is 3.22. The van der Waals surface area contributed by atoms with Crippen LogP contribution in [0.4, 0.5) is 0 Å². The second kappa shape index (κ2) is 6.18. The monoisotopic (exact) mass is 229 g/mol. The summed E-state index contributed by atoms with van der Waals surface area (Å²) < 4.78 is 0. The van der Waals surface area contributed by atoms with Gasteiger partial charge in [-0.2, -0.15) is 0 Å². The van der Waals surface area contributed by atoms with Crippen LogP contribution in [0.1, 0.15) is 38.5 Å². The lowest BCUT2D eigenvalue weighted by atomic mass is 9.94. The van der Waals surface area contributed by atoms with Crippen molar-refractivity contribution in [2.45, 2.75) is 50.2 Å². The lowest BCUT2D eigenvalue weighted by Crippen LogP contribution is -2.48. The number of hydrogen-bond acceptors (Lipinski definition) is 4. The van der Waals surface area contributed by atoms with Crippen LogP contribution in [0.5, 0.6) is 0 Å². The van der Waals surface area contributed by atoms with E-state index in [1.165, 1.54) is 12.8 Å². The van der Waals surface area contributed by atoms with Crippen molar-refractivity contribution in [3.8, 4) is 0 Å². The first-order valence-electron chi connectivity index (χ1n) is 6.01. The molecule has 0 heterocycles. The Morgan fingerprint density at radius 1 is 1.31 bits per heavy atom. The van der Waals surface area contributed by atoms with E-state index in [2.05, 4.69) is 5.32 Å². The smallest absolute Gasteiger partial charge is 0.235 e. The quantitative estimate of drug-likeness (QED) is 0.476. The molecule has 1 fully saturated rings. The van der Waals surface area contributed by atoms with Crippen LogP contribution in [0.3, 0.4) is 0 Å². The molecule has 0 saturated heterocycles. The predicted octanol–water partition coefficient (Wildman–Crippen LogP) is -0.526. The van der Waals surface area contributed by atoms with Gasteiger partial charge < -0.3 is 21.9 Å². The van der Waals surface area contributed by atoms with Gasteiger partial charge in [-0.1, -0.05) is 25.7 Å². The number of hydrogen-bond donors (Lipinski definition) is 4. The van der Waals surface area contributed by atoms with Crippen molar-refractivity contribution in [1.29, 1.82) is 0 Å². The van der Waals surface area contributed by atoms with Crippen molar-refractivity contribution in [1.82, 2.24) is 5.32 Å². The zero-order chi connectivity index (χ0) is 12.0. The fourth-order valence-corrected chi connectivity index (χ4v) is 2.12. The first-order valence-corrected chi connectivity index (χ1v) is 6.01. The summed E-state index contributed by atoms with van der Waals surface area (Å²) in [6.45, 7) is 0.825. The minimum Gasteiger partial charge on any atom is -0.389 e. The average molecular weight is 229 g/mol. The van der Waals surface area contributed by atoms with Crippen LogP contribution in [-0.4, -0.2) is 35.7 Å². The molecule has 0 bridgehead atoms. The number of amides is 1. The zero-order valence-corrected chi connectivity index (χ0v) is 9.74. The van der Waals surface area contributed by atoms with E-state index < -0.39 is 17.6 Å². The highest BCUT2D eigenvalue weighted by Gasteiger charge is 2.27. The Hall–Kier alpha value is -0.650. The molecule has 1 atom stereocenters. The average Bonchev–Trinajstić information content (AvgIpc) is 2.43. The molecule has 6 N–H and O–H groups in total. The topological polar surface area (TPSA) is 101 Å². The highest BCUT2D eigenvalue weighted by atomic mass is 16.3. The Labute approximate surface area is 96.6 Å². The van der Waals surface area contributed by atoms with E-state index in [0.717, 1.165) is 25.7 Å². The molecule has 1 unspecified atom stereocenters. The predicted molar refractivity (Wildman–Crippen MR) is 62.7 cm³/mol. The van der Waals surface area contributed by atoms with Gasteiger partial charge in [-0.25, -0.2) is 0 Å². The van der Waals surface area contributed by atoms with E-state index in [1.54, 1.807) is 0 Å². The molecule has 1 amide bonds. The number of carbonyl (C=O) groups is 1. The van der Waals surface area contributed by atoms with Crippen LogP contribution < -0.4 is 16.8 Å². The SMILES string of the molecule is NC(=O)C(N)CNCC1(O)CCCCCC1. The van der Waals surface area contributed by atoms with Crippen LogP contribution in [0.15, 0.2) is 0 Å². The first-order chi connectivity index (χ1) is 7.53. The Balaban J connectivity index is 2.26. The van der Waals surface area contributed by atoms with E-state index in [-0.39, 0.29) is 0 Å². The molecule has 0 aromatic rings. The molecule has 94 valence electrons. The highest BCUT2D eigenvalue weighted by Crippen LogP contribution is 2.26. The fourth-order valence-electron chi connectivity index (χ4n) is 2.12. The van der Waals surface area contributed by atoms with Crippen LogP contribution in [-0.2, 0) is 4.79 Å². The standard InChI is InChI=1S/C11H23N3O2/c12-9(10(13)15)7-14-8-11(16)5-3-1-2-4-6-11/h9,14,16H,1-8,12H2,(H2,13,15). The van der Waals surface area contributed by atoms with E-state index in [4.69, 9.17) is 11.5 Å². The van der Waals surface area contributed by atoms with E-state index >= 15 is 0 Å². The molecule has 16 heavy (non-hydrogen) atoms. The number of nitrogens with two attached hydrogens (primary N) is 2. The maximum atomic E-state index is 10.7. The third kappa shape index (κ3) is 4.47. The summed E-state index contributed by atoms with van der Waals surface area (Å²) >= 11 is 0. The summed E-state index contributed by atoms with van der Waals surface area (Å²) in [6.07, 6.45) is 6.18. The second-order valence-corrected chi connectivity index (χ2v) is 4.78. The molecule has 0 aromatic heterocycles. The molecule has 5 nitrogen and oxygen atoms in total. The number of rotatable bonds is 5. The lowest BCUT2D eigenvalue weighted by Gasteiger charge is -2.27. The van der Waals surface area contributed by atoms with Crippen LogP contribution in [0.2, 0.25) is 0 Å². The summed E-state index contributed by atoms with van der Waals surface area (Å²) in [4.78, 5) is 10.7. The zero-order valence-electron chi connectivity index (χ0n) is 9.74. The van der Waals surface area contributed by atoms with Crippen molar-refractivity contribution in [3.05, 3.63) is 0 Å². The van der Waals surface area contributed by atoms with Gasteiger partial charge in [0.25, 0.3) is 0 Å². The van der Waals surface area contributed by atoms with Gasteiger partial charge in [-0.15, -0.1) is 0 Å². The molecule has 1 rings (SSSR count). The van der Waals surface area contributed by atoms with Crippen molar-refractivity contribution in [2.24, 2.45) is 11.5 Å².